The van der Waals surface area contributed by atoms with Crippen molar-refractivity contribution in [2.75, 3.05) is 32.8 Å². The van der Waals surface area contributed by atoms with Gasteiger partial charge in [0.25, 0.3) is 5.91 Å². The molecule has 0 radical (unpaired) electrons. The van der Waals surface area contributed by atoms with E-state index >= 15 is 0 Å². The van der Waals surface area contributed by atoms with Crippen LogP contribution in [0.15, 0.2) is 17.0 Å². The summed E-state index contributed by atoms with van der Waals surface area (Å²) in [6, 6.07) is 0. The number of nitrogens with zero attached hydrogens (tertiary/aromatic N) is 4. The standard InChI is InChI=1S/C16H25N5O2/c1-2-3-6-19-7-8-20-15(22)13-11-17-14(21(13)18-16(19)20)12-4-9-23-10-5-12/h11-12,14,17H,2-10H2,1H3. The van der Waals surface area contributed by atoms with Crippen LogP contribution in [0, 0.1) is 5.92 Å². The van der Waals surface area contributed by atoms with Crippen LogP contribution < -0.4 is 5.32 Å². The summed E-state index contributed by atoms with van der Waals surface area (Å²) in [5, 5.41) is 10.2. The van der Waals surface area contributed by atoms with Crippen LogP contribution in [0.1, 0.15) is 32.6 Å². The topological polar surface area (TPSA) is 60.4 Å². The van der Waals surface area contributed by atoms with Crippen LogP contribution >= 0.6 is 0 Å². The molecule has 23 heavy (non-hydrogen) atoms. The molecule has 0 bridgehead atoms. The van der Waals surface area contributed by atoms with Crippen molar-refractivity contribution in [3.8, 4) is 0 Å². The molecule has 1 atom stereocenters. The molecule has 7 heteroatoms. The number of ether oxygens (including phenoxy) is 1. The van der Waals surface area contributed by atoms with Crippen LogP contribution in [0.2, 0.25) is 0 Å². The molecule has 1 unspecified atom stereocenters. The van der Waals surface area contributed by atoms with Crippen LogP contribution in [0.4, 0.5) is 0 Å². The van der Waals surface area contributed by atoms with Gasteiger partial charge in [-0.1, -0.05) is 13.3 Å². The Balaban J connectivity index is 1.57. The fourth-order valence-corrected chi connectivity index (χ4v) is 3.79. The lowest BCUT2D eigenvalue weighted by Gasteiger charge is -2.37. The van der Waals surface area contributed by atoms with Gasteiger partial charge < -0.3 is 15.0 Å². The lowest BCUT2D eigenvalue weighted by atomic mass is 9.96. The Morgan fingerprint density at radius 3 is 2.96 bits per heavy atom. The van der Waals surface area contributed by atoms with E-state index in [4.69, 9.17) is 9.84 Å². The molecule has 2 saturated heterocycles. The Labute approximate surface area is 136 Å². The number of guanidine groups is 1. The fourth-order valence-electron chi connectivity index (χ4n) is 3.79. The molecule has 1 amide bonds. The Morgan fingerprint density at radius 2 is 2.17 bits per heavy atom. The Bertz CT molecular complexity index is 541. The molecule has 2 fully saturated rings. The largest absolute Gasteiger partial charge is 0.381 e. The van der Waals surface area contributed by atoms with Crippen molar-refractivity contribution < 1.29 is 9.53 Å². The Morgan fingerprint density at radius 1 is 1.35 bits per heavy atom. The van der Waals surface area contributed by atoms with Crippen LogP contribution in [0.3, 0.4) is 0 Å². The van der Waals surface area contributed by atoms with Crippen molar-refractivity contribution in [3.05, 3.63) is 11.9 Å². The number of carbonyl (C=O) groups is 1. The molecule has 0 spiro atoms. The zero-order valence-corrected chi connectivity index (χ0v) is 13.7. The molecular weight excluding hydrogens is 294 g/mol. The number of unbranched alkanes of at least 4 members (excludes halogenated alkanes) is 1. The van der Waals surface area contributed by atoms with E-state index in [-0.39, 0.29) is 12.1 Å². The highest BCUT2D eigenvalue weighted by Crippen LogP contribution is 2.32. The van der Waals surface area contributed by atoms with Crippen LogP contribution in [0.25, 0.3) is 0 Å². The summed E-state index contributed by atoms with van der Waals surface area (Å²) in [6.45, 7) is 6.39. The molecule has 4 aliphatic rings. The Hall–Kier alpha value is -1.76. The lowest BCUT2D eigenvalue weighted by Crippen LogP contribution is -2.51. The van der Waals surface area contributed by atoms with Gasteiger partial charge in [0, 0.05) is 45.0 Å². The van der Waals surface area contributed by atoms with Crippen molar-refractivity contribution in [2.24, 2.45) is 11.0 Å². The summed E-state index contributed by atoms with van der Waals surface area (Å²) in [6.07, 6.45) is 6.23. The highest BCUT2D eigenvalue weighted by molar-refractivity contribution is 6.07. The van der Waals surface area contributed by atoms with Crippen LogP contribution in [-0.2, 0) is 9.53 Å². The summed E-state index contributed by atoms with van der Waals surface area (Å²) in [4.78, 5) is 16.9. The maximum Gasteiger partial charge on any atom is 0.280 e. The third kappa shape index (κ3) is 2.47. The summed E-state index contributed by atoms with van der Waals surface area (Å²) in [5.74, 6) is 1.38. The highest BCUT2D eigenvalue weighted by Gasteiger charge is 2.45. The van der Waals surface area contributed by atoms with Gasteiger partial charge in [-0.25, -0.2) is 5.01 Å². The maximum atomic E-state index is 12.8. The molecule has 0 saturated carbocycles. The van der Waals surface area contributed by atoms with Crippen molar-refractivity contribution in [3.63, 3.8) is 0 Å². The van der Waals surface area contributed by atoms with Crippen molar-refractivity contribution in [1.82, 2.24) is 20.1 Å². The van der Waals surface area contributed by atoms with E-state index < -0.39 is 0 Å². The first-order valence-electron chi connectivity index (χ1n) is 8.78. The monoisotopic (exact) mass is 319 g/mol. The van der Waals surface area contributed by atoms with Gasteiger partial charge >= 0.3 is 0 Å². The van der Waals surface area contributed by atoms with Gasteiger partial charge in [0.1, 0.15) is 11.9 Å². The van der Waals surface area contributed by atoms with Crippen molar-refractivity contribution >= 4 is 11.9 Å². The highest BCUT2D eigenvalue weighted by atomic mass is 16.5. The smallest absolute Gasteiger partial charge is 0.280 e. The summed E-state index contributed by atoms with van der Waals surface area (Å²) in [5.41, 5.74) is 0.683. The second kappa shape index (κ2) is 6.03. The minimum absolute atomic E-state index is 0.0797. The van der Waals surface area contributed by atoms with E-state index in [9.17, 15) is 4.79 Å². The zero-order chi connectivity index (χ0) is 15.8. The van der Waals surface area contributed by atoms with E-state index in [1.165, 1.54) is 0 Å². The van der Waals surface area contributed by atoms with Gasteiger partial charge in [-0.2, -0.15) is 0 Å². The van der Waals surface area contributed by atoms with E-state index in [0.717, 1.165) is 64.5 Å². The molecule has 4 heterocycles. The second-order valence-corrected chi connectivity index (χ2v) is 6.63. The number of hydrogen-bond donors (Lipinski definition) is 1. The number of rotatable bonds is 4. The first-order chi connectivity index (χ1) is 11.3. The van der Waals surface area contributed by atoms with E-state index in [0.29, 0.717) is 11.6 Å². The average Bonchev–Trinajstić information content (AvgIpc) is 3.19. The van der Waals surface area contributed by atoms with Crippen molar-refractivity contribution in [1.29, 1.82) is 0 Å². The third-order valence-corrected chi connectivity index (χ3v) is 5.17. The van der Waals surface area contributed by atoms with Gasteiger partial charge in [-0.05, 0) is 19.3 Å². The van der Waals surface area contributed by atoms with E-state index in [1.807, 2.05) is 16.1 Å². The molecule has 1 N–H and O–H groups in total. The van der Waals surface area contributed by atoms with Gasteiger partial charge in [0.05, 0.1) is 0 Å². The molecule has 0 aliphatic carbocycles. The second-order valence-electron chi connectivity index (χ2n) is 6.63. The predicted octanol–water partition coefficient (Wildman–Crippen LogP) is 0.715. The predicted molar refractivity (Wildman–Crippen MR) is 86.0 cm³/mol. The minimum atomic E-state index is 0.0797. The number of hydrogen-bond acceptors (Lipinski definition) is 6. The summed E-state index contributed by atoms with van der Waals surface area (Å²) < 4.78 is 5.46. The molecule has 4 rings (SSSR count). The lowest BCUT2D eigenvalue weighted by molar-refractivity contribution is -0.126. The number of carbonyl (C=O) groups excluding carboxylic acids is 1. The van der Waals surface area contributed by atoms with Crippen LogP contribution in [-0.4, -0.2) is 65.7 Å². The number of fused-ring (bicyclic) bond motifs is 2. The molecule has 0 aromatic carbocycles. The molecular formula is C16H25N5O2. The summed E-state index contributed by atoms with van der Waals surface area (Å²) in [7, 11) is 0. The number of hydrazone groups is 1. The maximum absolute atomic E-state index is 12.8. The zero-order valence-electron chi connectivity index (χ0n) is 13.7. The quantitative estimate of drug-likeness (QED) is 0.827. The number of nitrogens with one attached hydrogen (secondary N) is 1. The first kappa shape index (κ1) is 14.8. The SMILES string of the molecule is CCCCN1CCN2C(=O)C3=CNC(C4CCOCC4)N3N=C12. The normalized spacial score (nSPS) is 27.6. The summed E-state index contributed by atoms with van der Waals surface area (Å²) >= 11 is 0. The minimum Gasteiger partial charge on any atom is -0.381 e. The van der Waals surface area contributed by atoms with Gasteiger partial charge in [0.2, 0.25) is 5.96 Å². The van der Waals surface area contributed by atoms with E-state index in [1.54, 1.807) is 0 Å². The first-order valence-corrected chi connectivity index (χ1v) is 8.78. The van der Waals surface area contributed by atoms with Gasteiger partial charge in [-0.15, -0.1) is 5.10 Å². The fraction of sp³-hybridized carbons (Fsp3) is 0.750. The number of amides is 1. The van der Waals surface area contributed by atoms with E-state index in [2.05, 4.69) is 17.1 Å². The third-order valence-electron chi connectivity index (χ3n) is 5.17. The Kier molecular flexibility index (Phi) is 3.88. The molecule has 7 nitrogen and oxygen atoms in total. The molecule has 4 aliphatic heterocycles. The van der Waals surface area contributed by atoms with Gasteiger partial charge in [0.15, 0.2) is 0 Å². The molecule has 0 aromatic rings. The molecule has 126 valence electrons. The average molecular weight is 319 g/mol. The van der Waals surface area contributed by atoms with Crippen LogP contribution in [0.5, 0.6) is 0 Å². The van der Waals surface area contributed by atoms with Crippen molar-refractivity contribution in [2.45, 2.75) is 38.8 Å². The van der Waals surface area contributed by atoms with Gasteiger partial charge in [-0.3, -0.25) is 9.69 Å². The molecule has 0 aromatic heterocycles.